The van der Waals surface area contributed by atoms with Gasteiger partial charge in [0.25, 0.3) is 0 Å². The third kappa shape index (κ3) is 3.13. The van der Waals surface area contributed by atoms with Crippen molar-refractivity contribution in [3.63, 3.8) is 0 Å². The predicted octanol–water partition coefficient (Wildman–Crippen LogP) is 2.16. The Balaban J connectivity index is 1.69. The van der Waals surface area contributed by atoms with Gasteiger partial charge >= 0.3 is 0 Å². The maximum absolute atomic E-state index is 5.89. The number of anilines is 1. The van der Waals surface area contributed by atoms with E-state index in [1.165, 1.54) is 30.6 Å². The van der Waals surface area contributed by atoms with Crippen molar-refractivity contribution in [3.8, 4) is 0 Å². The Bertz CT molecular complexity index is 502. The predicted molar refractivity (Wildman–Crippen MR) is 88.4 cm³/mol. The van der Waals surface area contributed by atoms with E-state index in [4.69, 9.17) is 18.0 Å². The lowest BCUT2D eigenvalue weighted by molar-refractivity contribution is 0.248. The van der Waals surface area contributed by atoms with Crippen LogP contribution in [0.1, 0.15) is 24.0 Å². The van der Waals surface area contributed by atoms with Crippen LogP contribution in [-0.2, 0) is 0 Å². The molecule has 1 saturated heterocycles. The summed E-state index contributed by atoms with van der Waals surface area (Å²) in [5.74, 6) is 0.980. The van der Waals surface area contributed by atoms with Gasteiger partial charge in [0.05, 0.1) is 0 Å². The molecule has 0 radical (unpaired) electrons. The second-order valence-corrected chi connectivity index (χ2v) is 6.56. The lowest BCUT2D eigenvalue weighted by Crippen LogP contribution is -2.47. The van der Waals surface area contributed by atoms with Crippen molar-refractivity contribution < 1.29 is 0 Å². The first-order chi connectivity index (χ1) is 9.63. The molecule has 108 valence electrons. The number of rotatable bonds is 4. The maximum Gasteiger partial charge on any atom is 0.106 e. The minimum Gasteiger partial charge on any atom is -0.389 e. The first-order valence-electron chi connectivity index (χ1n) is 7.51. The number of thiocarbonyl (C=S) groups is 1. The molecule has 20 heavy (non-hydrogen) atoms. The maximum atomic E-state index is 5.89. The van der Waals surface area contributed by atoms with Gasteiger partial charge in [-0.05, 0) is 37.8 Å². The van der Waals surface area contributed by atoms with Crippen LogP contribution in [0.25, 0.3) is 0 Å². The molecular weight excluding hydrogens is 266 g/mol. The zero-order chi connectivity index (χ0) is 14.1. The smallest absolute Gasteiger partial charge is 0.106 e. The molecule has 1 aliphatic carbocycles. The van der Waals surface area contributed by atoms with Crippen molar-refractivity contribution in [1.29, 1.82) is 0 Å². The number of benzene rings is 1. The van der Waals surface area contributed by atoms with Gasteiger partial charge < -0.3 is 10.6 Å². The van der Waals surface area contributed by atoms with E-state index < -0.39 is 0 Å². The molecule has 1 heterocycles. The summed E-state index contributed by atoms with van der Waals surface area (Å²) in [6.07, 6.45) is 2.87. The molecule has 2 aliphatic rings. The van der Waals surface area contributed by atoms with E-state index in [-0.39, 0.29) is 0 Å². The summed E-state index contributed by atoms with van der Waals surface area (Å²) in [4.78, 5) is 5.53. The molecule has 3 nitrogen and oxygen atoms in total. The molecule has 4 heteroatoms. The Morgan fingerprint density at radius 2 is 1.95 bits per heavy atom. The standard InChI is InChI=1S/C16H23N3S/c1-12-2-5-15(14(10-12)16(17)20)19-8-6-18(7-9-19)11-13-3-4-13/h2,5,10,13H,3-4,6-9,11H2,1H3,(H2,17,20). The van der Waals surface area contributed by atoms with E-state index in [2.05, 4.69) is 34.9 Å². The van der Waals surface area contributed by atoms with Gasteiger partial charge in [0.2, 0.25) is 0 Å². The second-order valence-electron chi connectivity index (χ2n) is 6.12. The first-order valence-corrected chi connectivity index (χ1v) is 7.92. The van der Waals surface area contributed by atoms with Crippen LogP contribution in [0.15, 0.2) is 18.2 Å². The van der Waals surface area contributed by atoms with Crippen LogP contribution >= 0.6 is 12.2 Å². The molecule has 0 bridgehead atoms. The fraction of sp³-hybridized carbons (Fsp3) is 0.562. The Kier molecular flexibility index (Phi) is 3.94. The van der Waals surface area contributed by atoms with Crippen LogP contribution < -0.4 is 10.6 Å². The average Bonchev–Trinajstić information content (AvgIpc) is 3.24. The van der Waals surface area contributed by atoms with Gasteiger partial charge in [0, 0.05) is 44.0 Å². The zero-order valence-electron chi connectivity index (χ0n) is 12.1. The molecule has 0 unspecified atom stereocenters. The van der Waals surface area contributed by atoms with E-state index in [0.29, 0.717) is 4.99 Å². The van der Waals surface area contributed by atoms with Crippen LogP contribution in [0, 0.1) is 12.8 Å². The van der Waals surface area contributed by atoms with E-state index in [9.17, 15) is 0 Å². The van der Waals surface area contributed by atoms with Crippen LogP contribution in [0.4, 0.5) is 5.69 Å². The SMILES string of the molecule is Cc1ccc(N2CCN(CC3CC3)CC2)c(C(N)=S)c1. The molecule has 1 aromatic carbocycles. The van der Waals surface area contributed by atoms with Crippen LogP contribution in [0.2, 0.25) is 0 Å². The normalized spacial score (nSPS) is 20.1. The second kappa shape index (κ2) is 5.70. The van der Waals surface area contributed by atoms with Crippen molar-refractivity contribution >= 4 is 22.9 Å². The topological polar surface area (TPSA) is 32.5 Å². The molecule has 2 fully saturated rings. The summed E-state index contributed by atoms with van der Waals surface area (Å²) in [6, 6.07) is 6.42. The fourth-order valence-corrected chi connectivity index (χ4v) is 3.12. The lowest BCUT2D eigenvalue weighted by Gasteiger charge is -2.37. The van der Waals surface area contributed by atoms with Crippen LogP contribution in [0.5, 0.6) is 0 Å². The summed E-state index contributed by atoms with van der Waals surface area (Å²) in [5, 5.41) is 0. The first kappa shape index (κ1) is 13.8. The summed E-state index contributed by atoms with van der Waals surface area (Å²) >= 11 is 5.21. The molecule has 1 aliphatic heterocycles. The molecular formula is C16H23N3S. The quantitative estimate of drug-likeness (QED) is 0.861. The highest BCUT2D eigenvalue weighted by Crippen LogP contribution is 2.30. The number of hydrogen-bond donors (Lipinski definition) is 1. The molecule has 0 spiro atoms. The van der Waals surface area contributed by atoms with Gasteiger partial charge in [-0.2, -0.15) is 0 Å². The number of nitrogens with two attached hydrogens (primary N) is 1. The van der Waals surface area contributed by atoms with Crippen molar-refractivity contribution in [1.82, 2.24) is 4.90 Å². The zero-order valence-corrected chi connectivity index (χ0v) is 13.0. The Morgan fingerprint density at radius 1 is 1.25 bits per heavy atom. The van der Waals surface area contributed by atoms with Gasteiger partial charge in [0.1, 0.15) is 4.99 Å². The summed E-state index contributed by atoms with van der Waals surface area (Å²) in [7, 11) is 0. The van der Waals surface area contributed by atoms with Gasteiger partial charge in [-0.3, -0.25) is 4.90 Å². The van der Waals surface area contributed by atoms with Gasteiger partial charge in [-0.25, -0.2) is 0 Å². The summed E-state index contributed by atoms with van der Waals surface area (Å²) in [6.45, 7) is 7.84. The number of nitrogens with zero attached hydrogens (tertiary/aromatic N) is 2. The Labute approximate surface area is 126 Å². The number of piperazine rings is 1. The molecule has 1 saturated carbocycles. The minimum absolute atomic E-state index is 0.504. The van der Waals surface area contributed by atoms with E-state index >= 15 is 0 Å². The highest BCUT2D eigenvalue weighted by atomic mass is 32.1. The van der Waals surface area contributed by atoms with Gasteiger partial charge in [-0.15, -0.1) is 0 Å². The molecule has 0 aromatic heterocycles. The Hall–Kier alpha value is -1.13. The van der Waals surface area contributed by atoms with Crippen molar-refractivity contribution in [2.75, 3.05) is 37.6 Å². The largest absolute Gasteiger partial charge is 0.389 e. The van der Waals surface area contributed by atoms with E-state index in [1.807, 2.05) is 0 Å². The van der Waals surface area contributed by atoms with Crippen LogP contribution in [0.3, 0.4) is 0 Å². The summed E-state index contributed by atoms with van der Waals surface area (Å²) < 4.78 is 0. The molecule has 3 rings (SSSR count). The van der Waals surface area contributed by atoms with Crippen molar-refractivity contribution in [2.24, 2.45) is 11.7 Å². The number of hydrogen-bond acceptors (Lipinski definition) is 3. The van der Waals surface area contributed by atoms with Crippen molar-refractivity contribution in [2.45, 2.75) is 19.8 Å². The highest BCUT2D eigenvalue weighted by molar-refractivity contribution is 7.80. The molecule has 0 atom stereocenters. The van der Waals surface area contributed by atoms with E-state index in [1.54, 1.807) is 0 Å². The third-order valence-electron chi connectivity index (χ3n) is 4.34. The van der Waals surface area contributed by atoms with Crippen LogP contribution in [-0.4, -0.2) is 42.6 Å². The number of aryl methyl sites for hydroxylation is 1. The monoisotopic (exact) mass is 289 g/mol. The fourth-order valence-electron chi connectivity index (χ4n) is 2.96. The van der Waals surface area contributed by atoms with E-state index in [0.717, 1.165) is 37.7 Å². The van der Waals surface area contributed by atoms with Gasteiger partial charge in [-0.1, -0.05) is 23.8 Å². The van der Waals surface area contributed by atoms with Gasteiger partial charge in [0.15, 0.2) is 0 Å². The average molecular weight is 289 g/mol. The highest BCUT2D eigenvalue weighted by Gasteiger charge is 2.27. The molecule has 2 N–H and O–H groups in total. The van der Waals surface area contributed by atoms with Crippen molar-refractivity contribution in [3.05, 3.63) is 29.3 Å². The third-order valence-corrected chi connectivity index (χ3v) is 4.56. The molecule has 0 amide bonds. The molecule has 1 aromatic rings. The lowest BCUT2D eigenvalue weighted by atomic mass is 10.1. The minimum atomic E-state index is 0.504. The Morgan fingerprint density at radius 3 is 2.55 bits per heavy atom. The summed E-state index contributed by atoms with van der Waals surface area (Å²) in [5.41, 5.74) is 9.32.